The van der Waals surface area contributed by atoms with E-state index in [0.717, 1.165) is 4.57 Å². The molecule has 0 spiro atoms. The van der Waals surface area contributed by atoms with Crippen molar-refractivity contribution in [3.8, 4) is 11.9 Å². The first-order valence-electron chi connectivity index (χ1n) is 8.10. The summed E-state index contributed by atoms with van der Waals surface area (Å²) in [5.41, 5.74) is -0.0690. The fraction of sp³-hybridized carbons (Fsp3) is 0.105. The Balaban J connectivity index is 2.40. The lowest BCUT2D eigenvalue weighted by Gasteiger charge is -2.09. The standard InChI is InChI=1S/C19H14ClN5O2S/c1-3-5-13(12(2)20)15-10-14-17(28-15)18(26)25(16-11-22-7-8-23-16)19(27)24(14)9-4-6-21/h3,5,7-8,10-11H,1-2,4,9H2/b13-5+. The highest BCUT2D eigenvalue weighted by atomic mass is 35.5. The molecule has 0 aliphatic heterocycles. The smallest absolute Gasteiger partial charge is 0.291 e. The summed E-state index contributed by atoms with van der Waals surface area (Å²) in [6.45, 7) is 7.53. The number of allylic oxidation sites excluding steroid dienone is 4. The lowest BCUT2D eigenvalue weighted by molar-refractivity contribution is 0.658. The van der Waals surface area contributed by atoms with Gasteiger partial charge in [0.15, 0.2) is 5.82 Å². The topological polar surface area (TPSA) is 93.6 Å². The molecule has 0 bridgehead atoms. The number of nitrogens with zero attached hydrogens (tertiary/aromatic N) is 5. The van der Waals surface area contributed by atoms with Crippen LogP contribution in [-0.4, -0.2) is 19.1 Å². The quantitative estimate of drug-likeness (QED) is 0.580. The molecule has 3 heterocycles. The van der Waals surface area contributed by atoms with Gasteiger partial charge in [-0.3, -0.25) is 14.3 Å². The van der Waals surface area contributed by atoms with Crippen LogP contribution in [0, 0.1) is 11.3 Å². The summed E-state index contributed by atoms with van der Waals surface area (Å²) in [6.07, 6.45) is 7.53. The van der Waals surface area contributed by atoms with E-state index in [2.05, 4.69) is 23.1 Å². The third kappa shape index (κ3) is 3.45. The summed E-state index contributed by atoms with van der Waals surface area (Å²) in [4.78, 5) is 34.8. The predicted molar refractivity (Wildman–Crippen MR) is 111 cm³/mol. The highest BCUT2D eigenvalue weighted by Crippen LogP contribution is 2.33. The highest BCUT2D eigenvalue weighted by molar-refractivity contribution is 7.20. The molecule has 3 rings (SSSR count). The van der Waals surface area contributed by atoms with Crippen molar-refractivity contribution in [2.24, 2.45) is 0 Å². The van der Waals surface area contributed by atoms with Gasteiger partial charge in [-0.25, -0.2) is 14.3 Å². The molecule has 0 unspecified atom stereocenters. The summed E-state index contributed by atoms with van der Waals surface area (Å²) < 4.78 is 2.68. The average Bonchev–Trinajstić information content (AvgIpc) is 3.12. The largest absolute Gasteiger partial charge is 0.337 e. The number of aryl methyl sites for hydroxylation is 1. The van der Waals surface area contributed by atoms with Gasteiger partial charge in [0.25, 0.3) is 5.56 Å². The first-order valence-corrected chi connectivity index (χ1v) is 9.29. The first kappa shape index (κ1) is 19.5. The number of hydrogen-bond acceptors (Lipinski definition) is 6. The minimum Gasteiger partial charge on any atom is -0.291 e. The van der Waals surface area contributed by atoms with E-state index in [1.54, 1.807) is 18.2 Å². The van der Waals surface area contributed by atoms with Gasteiger partial charge in [0.2, 0.25) is 0 Å². The molecule has 0 saturated heterocycles. The molecule has 3 aromatic rings. The summed E-state index contributed by atoms with van der Waals surface area (Å²) in [7, 11) is 0. The second-order valence-corrected chi connectivity index (χ2v) is 7.10. The van der Waals surface area contributed by atoms with Gasteiger partial charge in [-0.1, -0.05) is 36.9 Å². The molecule has 28 heavy (non-hydrogen) atoms. The molecular weight excluding hydrogens is 398 g/mol. The third-order valence-corrected chi connectivity index (χ3v) is 5.24. The molecule has 0 radical (unpaired) electrons. The van der Waals surface area contributed by atoms with E-state index in [9.17, 15) is 9.59 Å². The zero-order valence-electron chi connectivity index (χ0n) is 14.6. The molecule has 7 nitrogen and oxygen atoms in total. The van der Waals surface area contributed by atoms with Crippen molar-refractivity contribution in [3.05, 3.63) is 80.7 Å². The van der Waals surface area contributed by atoms with Gasteiger partial charge in [0, 0.05) is 34.4 Å². The molecule has 0 N–H and O–H groups in total. The Morgan fingerprint density at radius 3 is 2.79 bits per heavy atom. The van der Waals surface area contributed by atoms with Crippen molar-refractivity contribution >= 4 is 38.7 Å². The van der Waals surface area contributed by atoms with Crippen LogP contribution in [0.1, 0.15) is 11.3 Å². The minimum atomic E-state index is -0.587. The van der Waals surface area contributed by atoms with Gasteiger partial charge < -0.3 is 0 Å². The van der Waals surface area contributed by atoms with Crippen molar-refractivity contribution in [2.75, 3.05) is 0 Å². The highest BCUT2D eigenvalue weighted by Gasteiger charge is 2.19. The maximum Gasteiger partial charge on any atom is 0.337 e. The fourth-order valence-corrected chi connectivity index (χ4v) is 4.06. The van der Waals surface area contributed by atoms with E-state index in [1.807, 2.05) is 6.07 Å². The molecule has 9 heteroatoms. The maximum absolute atomic E-state index is 13.1. The first-order chi connectivity index (χ1) is 13.5. The number of hydrogen-bond donors (Lipinski definition) is 0. The zero-order valence-corrected chi connectivity index (χ0v) is 16.2. The predicted octanol–water partition coefficient (Wildman–Crippen LogP) is 3.24. The molecule has 140 valence electrons. The van der Waals surface area contributed by atoms with Crippen LogP contribution in [0.5, 0.6) is 0 Å². The van der Waals surface area contributed by atoms with Gasteiger partial charge in [0.05, 0.1) is 24.2 Å². The van der Waals surface area contributed by atoms with Crippen LogP contribution < -0.4 is 11.2 Å². The molecule has 0 fully saturated rings. The zero-order chi connectivity index (χ0) is 20.3. The van der Waals surface area contributed by atoms with Crippen LogP contribution in [0.2, 0.25) is 0 Å². The Morgan fingerprint density at radius 2 is 2.18 bits per heavy atom. The lowest BCUT2D eigenvalue weighted by Crippen LogP contribution is -2.39. The van der Waals surface area contributed by atoms with Crippen molar-refractivity contribution < 1.29 is 0 Å². The van der Waals surface area contributed by atoms with Crippen LogP contribution in [0.3, 0.4) is 0 Å². The van der Waals surface area contributed by atoms with Crippen molar-refractivity contribution in [1.82, 2.24) is 19.1 Å². The SMILES string of the molecule is C=C/C=C(\C(=C)Cl)c1cc2c(s1)c(=O)n(-c1cnccn1)c(=O)n2CCC#N. The van der Waals surface area contributed by atoms with E-state index >= 15 is 0 Å². The van der Waals surface area contributed by atoms with Crippen molar-refractivity contribution in [3.63, 3.8) is 0 Å². The van der Waals surface area contributed by atoms with Gasteiger partial charge in [-0.05, 0) is 6.07 Å². The Bertz CT molecular complexity index is 1260. The monoisotopic (exact) mass is 411 g/mol. The molecule has 0 saturated carbocycles. The Hall–Kier alpha value is -3.28. The van der Waals surface area contributed by atoms with E-state index in [0.29, 0.717) is 20.7 Å². The molecule has 0 aliphatic rings. The Kier molecular flexibility index (Phi) is 5.68. The van der Waals surface area contributed by atoms with E-state index in [1.165, 1.54) is 34.5 Å². The van der Waals surface area contributed by atoms with Gasteiger partial charge >= 0.3 is 5.69 Å². The van der Waals surface area contributed by atoms with Gasteiger partial charge in [-0.15, -0.1) is 11.3 Å². The van der Waals surface area contributed by atoms with Crippen molar-refractivity contribution in [1.29, 1.82) is 5.26 Å². The lowest BCUT2D eigenvalue weighted by atomic mass is 10.2. The number of thiophene rings is 1. The van der Waals surface area contributed by atoms with Crippen LogP contribution in [-0.2, 0) is 6.54 Å². The molecule has 3 aromatic heterocycles. The average molecular weight is 412 g/mol. The van der Waals surface area contributed by atoms with Crippen molar-refractivity contribution in [2.45, 2.75) is 13.0 Å². The molecule has 0 amide bonds. The second kappa shape index (κ2) is 8.17. The van der Waals surface area contributed by atoms with Gasteiger partial charge in [-0.2, -0.15) is 5.26 Å². The summed E-state index contributed by atoms with van der Waals surface area (Å²) >= 11 is 7.27. The number of aromatic nitrogens is 4. The van der Waals surface area contributed by atoms with E-state index in [-0.39, 0.29) is 23.8 Å². The molecule has 0 aromatic carbocycles. The third-order valence-electron chi connectivity index (χ3n) is 3.89. The molecular formula is C19H14ClN5O2S. The molecule has 0 aliphatic carbocycles. The number of nitriles is 1. The number of rotatable bonds is 6. The number of halogens is 1. The van der Waals surface area contributed by atoms with E-state index in [4.69, 9.17) is 16.9 Å². The maximum atomic E-state index is 13.1. The fourth-order valence-electron chi connectivity index (χ4n) is 2.69. The van der Waals surface area contributed by atoms with E-state index < -0.39 is 11.2 Å². The van der Waals surface area contributed by atoms with Crippen LogP contribution in [0.15, 0.2) is 64.6 Å². The van der Waals surface area contributed by atoms with Crippen LogP contribution in [0.25, 0.3) is 21.6 Å². The Labute approximate surface area is 168 Å². The normalized spacial score (nSPS) is 11.4. The minimum absolute atomic E-state index is 0.108. The second-order valence-electron chi connectivity index (χ2n) is 5.59. The van der Waals surface area contributed by atoms with Gasteiger partial charge in [0.1, 0.15) is 4.70 Å². The molecule has 0 atom stereocenters. The summed E-state index contributed by atoms with van der Waals surface area (Å²) in [5.74, 6) is 0.115. The summed E-state index contributed by atoms with van der Waals surface area (Å²) in [5, 5.41) is 9.25. The number of fused-ring (bicyclic) bond motifs is 1. The summed E-state index contributed by atoms with van der Waals surface area (Å²) in [6, 6.07) is 3.72. The van der Waals surface area contributed by atoms with Crippen LogP contribution >= 0.6 is 22.9 Å². The van der Waals surface area contributed by atoms with Crippen LogP contribution in [0.4, 0.5) is 0 Å². The Morgan fingerprint density at radius 1 is 1.39 bits per heavy atom.